The number of rotatable bonds is 3. The van der Waals surface area contributed by atoms with E-state index in [4.69, 9.17) is 11.6 Å². The normalized spacial score (nSPS) is 19.0. The zero-order valence-electron chi connectivity index (χ0n) is 16.5. The number of nitrogens with zero attached hydrogens (tertiary/aromatic N) is 1. The Bertz CT molecular complexity index is 919. The predicted octanol–water partition coefficient (Wildman–Crippen LogP) is 5.97. The summed E-state index contributed by atoms with van der Waals surface area (Å²) in [5.74, 6) is 0.179. The lowest BCUT2D eigenvalue weighted by molar-refractivity contribution is -0.130. The van der Waals surface area contributed by atoms with E-state index >= 15 is 0 Å². The molecule has 0 unspecified atom stereocenters. The fourth-order valence-corrected chi connectivity index (χ4v) is 5.28. The first-order valence-corrected chi connectivity index (χ1v) is 10.4. The largest absolute Gasteiger partial charge is 0.509 e. The van der Waals surface area contributed by atoms with Gasteiger partial charge in [-0.3, -0.25) is 4.79 Å². The number of aliphatic hydroxyl groups excluding tert-OH is 1. The van der Waals surface area contributed by atoms with Crippen molar-refractivity contribution >= 4 is 23.1 Å². The molecule has 0 atom stereocenters. The number of aliphatic hydroxyl groups is 1. The van der Waals surface area contributed by atoms with E-state index in [1.54, 1.807) is 0 Å². The molecule has 1 fully saturated rings. The molecule has 3 nitrogen and oxygen atoms in total. The summed E-state index contributed by atoms with van der Waals surface area (Å²) in [5, 5.41) is 12.1. The van der Waals surface area contributed by atoms with Crippen molar-refractivity contribution in [2.24, 2.45) is 0 Å². The van der Waals surface area contributed by atoms with Gasteiger partial charge in [0.05, 0.1) is 5.57 Å². The van der Waals surface area contributed by atoms with Crippen LogP contribution in [0.2, 0.25) is 5.02 Å². The summed E-state index contributed by atoms with van der Waals surface area (Å²) in [6.45, 7) is 4.42. The molecule has 146 valence electrons. The quantitative estimate of drug-likeness (QED) is 0.695. The Balaban J connectivity index is 1.84. The highest BCUT2D eigenvalue weighted by Crippen LogP contribution is 2.49. The Morgan fingerprint density at radius 3 is 2.25 bits per heavy atom. The van der Waals surface area contributed by atoms with Gasteiger partial charge in [-0.05, 0) is 61.1 Å². The first kappa shape index (κ1) is 19.1. The number of carbonyl (C=O) groups excluding carboxylic acids is 1. The second-order valence-corrected chi connectivity index (χ2v) is 8.54. The summed E-state index contributed by atoms with van der Waals surface area (Å²) in [6, 6.07) is 13.8. The van der Waals surface area contributed by atoms with Crippen molar-refractivity contribution in [3.8, 4) is 0 Å². The van der Waals surface area contributed by atoms with E-state index in [1.807, 2.05) is 61.2 Å². The number of benzene rings is 2. The van der Waals surface area contributed by atoms with Crippen molar-refractivity contribution in [2.75, 3.05) is 0 Å². The summed E-state index contributed by atoms with van der Waals surface area (Å²) in [6.07, 6.45) is 4.82. The van der Waals surface area contributed by atoms with Crippen LogP contribution in [0.5, 0.6) is 0 Å². The third kappa shape index (κ3) is 3.02. The number of amides is 1. The van der Waals surface area contributed by atoms with Crippen molar-refractivity contribution in [3.63, 3.8) is 0 Å². The molecule has 1 amide bonds. The maximum Gasteiger partial charge on any atom is 0.259 e. The number of aryl methyl sites for hydroxylation is 2. The van der Waals surface area contributed by atoms with Crippen LogP contribution in [-0.2, 0) is 11.3 Å². The van der Waals surface area contributed by atoms with E-state index in [9.17, 15) is 9.90 Å². The molecule has 2 aliphatic rings. The number of carbonyl (C=O) groups is 1. The topological polar surface area (TPSA) is 40.5 Å². The smallest absolute Gasteiger partial charge is 0.259 e. The van der Waals surface area contributed by atoms with Crippen molar-refractivity contribution in [2.45, 2.75) is 58.0 Å². The van der Waals surface area contributed by atoms with Gasteiger partial charge in [0.1, 0.15) is 11.3 Å². The highest BCUT2D eigenvalue weighted by Gasteiger charge is 2.52. The molecule has 2 aromatic carbocycles. The summed E-state index contributed by atoms with van der Waals surface area (Å²) in [5.41, 5.74) is 3.63. The summed E-state index contributed by atoms with van der Waals surface area (Å²) >= 11 is 6.21. The molecule has 2 aromatic rings. The van der Waals surface area contributed by atoms with Gasteiger partial charge in [0, 0.05) is 11.6 Å². The average molecular weight is 396 g/mol. The van der Waals surface area contributed by atoms with Gasteiger partial charge in [-0.25, -0.2) is 0 Å². The number of hydrogen-bond donors (Lipinski definition) is 1. The van der Waals surface area contributed by atoms with Crippen LogP contribution in [-0.4, -0.2) is 21.5 Å². The summed E-state index contributed by atoms with van der Waals surface area (Å²) in [4.78, 5) is 15.6. The van der Waals surface area contributed by atoms with Crippen molar-refractivity contribution in [1.82, 2.24) is 4.90 Å². The third-order valence-electron chi connectivity index (χ3n) is 6.26. The van der Waals surface area contributed by atoms with Gasteiger partial charge in [0.15, 0.2) is 0 Å². The molecule has 0 bridgehead atoms. The summed E-state index contributed by atoms with van der Waals surface area (Å²) in [7, 11) is 0. The van der Waals surface area contributed by atoms with E-state index in [2.05, 4.69) is 0 Å². The van der Waals surface area contributed by atoms with Crippen LogP contribution >= 0.6 is 11.6 Å². The van der Waals surface area contributed by atoms with Crippen molar-refractivity contribution in [1.29, 1.82) is 0 Å². The molecule has 0 radical (unpaired) electrons. The Labute approximate surface area is 171 Å². The van der Waals surface area contributed by atoms with E-state index < -0.39 is 5.54 Å². The molecule has 4 heteroatoms. The van der Waals surface area contributed by atoms with Crippen LogP contribution in [0.3, 0.4) is 0 Å². The molecular weight excluding hydrogens is 370 g/mol. The Morgan fingerprint density at radius 1 is 1.04 bits per heavy atom. The first-order chi connectivity index (χ1) is 13.4. The van der Waals surface area contributed by atoms with Gasteiger partial charge in [-0.1, -0.05) is 61.2 Å². The van der Waals surface area contributed by atoms with Crippen LogP contribution in [0.4, 0.5) is 0 Å². The molecule has 28 heavy (non-hydrogen) atoms. The lowest BCUT2D eigenvalue weighted by Gasteiger charge is -2.41. The molecule has 1 heterocycles. The SMILES string of the molecule is Cc1cc(Cl)cc(C)c1C1=C(O)C2(CCCCC2)N(Cc2ccccc2)C1=O. The van der Waals surface area contributed by atoms with Crippen molar-refractivity contribution < 1.29 is 9.90 Å². The molecule has 0 aromatic heterocycles. The fourth-order valence-electron chi connectivity index (χ4n) is 4.95. The van der Waals surface area contributed by atoms with E-state index in [0.29, 0.717) is 17.1 Å². The van der Waals surface area contributed by atoms with Crippen molar-refractivity contribution in [3.05, 3.63) is 75.5 Å². The van der Waals surface area contributed by atoms with Gasteiger partial charge in [0.2, 0.25) is 0 Å². The second-order valence-electron chi connectivity index (χ2n) is 8.11. The zero-order valence-corrected chi connectivity index (χ0v) is 17.2. The number of hydrogen-bond acceptors (Lipinski definition) is 2. The van der Waals surface area contributed by atoms with Gasteiger partial charge in [0.25, 0.3) is 5.91 Å². The minimum Gasteiger partial charge on any atom is -0.509 e. The fraction of sp³-hybridized carbons (Fsp3) is 0.375. The van der Waals surface area contributed by atoms with Gasteiger partial charge < -0.3 is 10.0 Å². The summed E-state index contributed by atoms with van der Waals surface area (Å²) < 4.78 is 0. The highest BCUT2D eigenvalue weighted by atomic mass is 35.5. The maximum atomic E-state index is 13.7. The highest BCUT2D eigenvalue weighted by molar-refractivity contribution is 6.31. The molecule has 4 rings (SSSR count). The Hall–Kier alpha value is -2.26. The Kier molecular flexibility index (Phi) is 4.96. The standard InChI is InChI=1S/C24H26ClNO2/c1-16-13-19(25)14-17(2)20(16)21-22(27)24(11-7-4-8-12-24)26(23(21)28)15-18-9-5-3-6-10-18/h3,5-6,9-10,13-14,27H,4,7-8,11-12,15H2,1-2H3. The van der Waals surface area contributed by atoms with Crippen LogP contribution < -0.4 is 0 Å². The van der Waals surface area contributed by atoms with Gasteiger partial charge in [-0.15, -0.1) is 0 Å². The lowest BCUT2D eigenvalue weighted by atomic mass is 9.79. The Morgan fingerprint density at radius 2 is 1.64 bits per heavy atom. The minimum atomic E-state index is -0.584. The molecule has 1 aliphatic heterocycles. The second kappa shape index (κ2) is 7.29. The molecular formula is C24H26ClNO2. The first-order valence-electron chi connectivity index (χ1n) is 10.0. The molecule has 1 spiro atoms. The molecule has 1 aliphatic carbocycles. The monoisotopic (exact) mass is 395 g/mol. The average Bonchev–Trinajstić information content (AvgIpc) is 2.85. The van der Waals surface area contributed by atoms with Crippen LogP contribution in [0.15, 0.2) is 48.2 Å². The van der Waals surface area contributed by atoms with Crippen LogP contribution in [0, 0.1) is 13.8 Å². The zero-order chi connectivity index (χ0) is 19.9. The van der Waals surface area contributed by atoms with E-state index in [0.717, 1.165) is 54.4 Å². The van der Waals surface area contributed by atoms with E-state index in [1.165, 1.54) is 0 Å². The molecule has 1 N–H and O–H groups in total. The van der Waals surface area contributed by atoms with Gasteiger partial charge in [-0.2, -0.15) is 0 Å². The lowest BCUT2D eigenvalue weighted by Crippen LogP contribution is -2.49. The van der Waals surface area contributed by atoms with Crippen LogP contribution in [0.25, 0.3) is 5.57 Å². The van der Waals surface area contributed by atoms with Crippen LogP contribution in [0.1, 0.15) is 54.4 Å². The van der Waals surface area contributed by atoms with Gasteiger partial charge >= 0.3 is 0 Å². The van der Waals surface area contributed by atoms with E-state index in [-0.39, 0.29) is 11.7 Å². The third-order valence-corrected chi connectivity index (χ3v) is 6.48. The predicted molar refractivity (Wildman–Crippen MR) is 113 cm³/mol. The molecule has 1 saturated carbocycles. The maximum absolute atomic E-state index is 13.7. The number of halogens is 1. The minimum absolute atomic E-state index is 0.0724. The molecule has 0 saturated heterocycles.